The molecule has 0 aliphatic carbocycles. The minimum Gasteiger partial charge on any atom is -0.482 e. The van der Waals surface area contributed by atoms with Gasteiger partial charge in [-0.15, -0.1) is 10.2 Å². The Bertz CT molecular complexity index is 3400. The fraction of sp³-hybridized carbons (Fsp3) is 0.0364. The van der Waals surface area contributed by atoms with Gasteiger partial charge < -0.3 is 9.84 Å². The van der Waals surface area contributed by atoms with Gasteiger partial charge in [0.15, 0.2) is 18.3 Å². The summed E-state index contributed by atoms with van der Waals surface area (Å²) in [5.41, 5.74) is 8.75. The van der Waals surface area contributed by atoms with E-state index in [4.69, 9.17) is 20.0 Å². The third kappa shape index (κ3) is 8.90. The summed E-state index contributed by atoms with van der Waals surface area (Å²) in [6.45, 7) is 1.63. The molecule has 0 radical (unpaired) electrons. The second kappa shape index (κ2) is 19.1. The fourth-order valence-corrected chi connectivity index (χ4v) is 7.73. The zero-order valence-electron chi connectivity index (χ0n) is 35.8. The molecule has 11 heteroatoms. The van der Waals surface area contributed by atoms with E-state index in [1.165, 1.54) is 14.9 Å². The lowest BCUT2D eigenvalue weighted by atomic mass is 10.0. The first-order chi connectivity index (χ1) is 32.3. The molecule has 0 aliphatic rings. The third-order valence-corrected chi connectivity index (χ3v) is 10.8. The summed E-state index contributed by atoms with van der Waals surface area (Å²) in [6.07, 6.45) is 0. The van der Waals surface area contributed by atoms with E-state index in [-0.39, 0.29) is 11.4 Å². The lowest BCUT2D eigenvalue weighted by Crippen LogP contribution is -2.23. The van der Waals surface area contributed by atoms with Crippen LogP contribution in [0, 0.1) is 6.92 Å². The molecule has 11 nitrogen and oxygen atoms in total. The van der Waals surface area contributed by atoms with Crippen LogP contribution in [0.5, 0.6) is 5.75 Å². The molecule has 0 bridgehead atoms. The number of benzene rings is 8. The van der Waals surface area contributed by atoms with Crippen LogP contribution in [0.15, 0.2) is 228 Å². The Morgan fingerprint density at radius 2 is 0.864 bits per heavy atom. The molecule has 66 heavy (non-hydrogen) atoms. The van der Waals surface area contributed by atoms with E-state index in [1.807, 2.05) is 182 Å². The van der Waals surface area contributed by atoms with Gasteiger partial charge in [0, 0.05) is 22.3 Å². The van der Waals surface area contributed by atoms with Gasteiger partial charge in [-0.2, -0.15) is 9.36 Å². The SMILES string of the molecule is Cc1cccc(-c2ccccc2-n2nc(-c3ccccc3)n(-c3ccccc3)c2=O)c1.O=C(O)COc1cccc(-c2ccccc2-n2nc(-c3ccccc3)n(-c3ccccc3)c2=O)c1. The lowest BCUT2D eigenvalue weighted by Gasteiger charge is -2.10. The molecule has 0 aliphatic heterocycles. The Labute approximate surface area is 380 Å². The van der Waals surface area contributed by atoms with Crippen molar-refractivity contribution in [2.45, 2.75) is 6.92 Å². The molecule has 0 fully saturated rings. The number of hydrogen-bond acceptors (Lipinski definition) is 6. The van der Waals surface area contributed by atoms with Gasteiger partial charge in [-0.05, 0) is 66.6 Å². The minimum atomic E-state index is -1.05. The smallest absolute Gasteiger partial charge is 0.355 e. The first-order valence-electron chi connectivity index (χ1n) is 21.2. The lowest BCUT2D eigenvalue weighted by molar-refractivity contribution is -0.139. The largest absolute Gasteiger partial charge is 0.482 e. The van der Waals surface area contributed by atoms with Gasteiger partial charge in [-0.3, -0.25) is 0 Å². The molecule has 0 spiro atoms. The average molecular weight is 867 g/mol. The standard InChI is InChI=1S/C28H21N3O4.C27H21N3O/c32-26(33)19-35-23-15-9-12-21(18-23)24-16-7-8-17-25(24)31-28(34)30(22-13-5-2-6-14-22)27(29-31)20-10-3-1-4-11-20;1-20-11-10-14-22(19-20)24-17-8-9-18-25(24)30-27(31)29(23-15-6-3-7-16-23)26(28-30)21-12-4-2-5-13-21/h1-18H,19H2,(H,32,33);2-19H,1H3. The molecule has 8 aromatic carbocycles. The first-order valence-corrected chi connectivity index (χ1v) is 21.2. The molecule has 0 amide bonds. The molecular formula is C55H42N6O5. The summed E-state index contributed by atoms with van der Waals surface area (Å²) in [4.78, 5) is 38.3. The van der Waals surface area contributed by atoms with E-state index >= 15 is 0 Å². The molecule has 0 saturated heterocycles. The van der Waals surface area contributed by atoms with Crippen molar-refractivity contribution in [2.75, 3.05) is 6.61 Å². The van der Waals surface area contributed by atoms with E-state index in [9.17, 15) is 14.4 Å². The number of aryl methyl sites for hydroxylation is 1. The Kier molecular flexibility index (Phi) is 12.2. The number of carboxylic acids is 1. The van der Waals surface area contributed by atoms with Crippen molar-refractivity contribution >= 4 is 5.97 Å². The Hall–Kier alpha value is -9.09. The summed E-state index contributed by atoms with van der Waals surface area (Å²) >= 11 is 0. The van der Waals surface area contributed by atoms with Gasteiger partial charge in [0.25, 0.3) is 0 Å². The Morgan fingerprint density at radius 3 is 1.32 bits per heavy atom. The molecule has 1 N–H and O–H groups in total. The van der Waals surface area contributed by atoms with Crippen LogP contribution in [0.25, 0.3) is 67.8 Å². The van der Waals surface area contributed by atoms with Crippen molar-refractivity contribution in [3.8, 4) is 73.5 Å². The number of aromatic nitrogens is 6. The van der Waals surface area contributed by atoms with Gasteiger partial charge in [-0.1, -0.05) is 175 Å². The molecule has 0 atom stereocenters. The van der Waals surface area contributed by atoms with Gasteiger partial charge >= 0.3 is 17.3 Å². The number of carbonyl (C=O) groups is 1. The van der Waals surface area contributed by atoms with Gasteiger partial charge in [0.2, 0.25) is 0 Å². The quantitative estimate of drug-likeness (QED) is 0.137. The highest BCUT2D eigenvalue weighted by atomic mass is 16.5. The molecule has 10 aromatic rings. The topological polar surface area (TPSA) is 126 Å². The molecule has 10 rings (SSSR count). The van der Waals surface area contributed by atoms with Crippen LogP contribution < -0.4 is 16.1 Å². The second-order valence-electron chi connectivity index (χ2n) is 15.2. The van der Waals surface area contributed by atoms with Crippen molar-refractivity contribution in [3.63, 3.8) is 0 Å². The molecule has 0 unspecified atom stereocenters. The highest BCUT2D eigenvalue weighted by Crippen LogP contribution is 2.31. The molecule has 2 heterocycles. The summed E-state index contributed by atoms with van der Waals surface area (Å²) in [5, 5.41) is 18.5. The first kappa shape index (κ1) is 42.2. The average Bonchev–Trinajstić information content (AvgIpc) is 3.90. The van der Waals surface area contributed by atoms with Crippen molar-refractivity contribution in [1.29, 1.82) is 0 Å². The summed E-state index contributed by atoms with van der Waals surface area (Å²) < 4.78 is 11.5. The van der Waals surface area contributed by atoms with E-state index in [0.717, 1.165) is 44.8 Å². The van der Waals surface area contributed by atoms with Crippen LogP contribution in [-0.2, 0) is 4.79 Å². The number of carboxylic acid groups (broad SMARTS) is 1. The maximum atomic E-state index is 13.8. The number of aliphatic carboxylic acids is 1. The fourth-order valence-electron chi connectivity index (χ4n) is 7.73. The number of rotatable bonds is 11. The van der Waals surface area contributed by atoms with Crippen LogP contribution in [0.4, 0.5) is 0 Å². The van der Waals surface area contributed by atoms with Crippen LogP contribution in [0.3, 0.4) is 0 Å². The number of nitrogens with zero attached hydrogens (tertiary/aromatic N) is 6. The van der Waals surface area contributed by atoms with Crippen molar-refractivity contribution in [3.05, 3.63) is 245 Å². The summed E-state index contributed by atoms with van der Waals surface area (Å²) in [5.74, 6) is 0.500. The van der Waals surface area contributed by atoms with E-state index in [0.29, 0.717) is 28.8 Å². The highest BCUT2D eigenvalue weighted by molar-refractivity contribution is 5.75. The molecule has 2 aromatic heterocycles. The molecule has 0 saturated carbocycles. The van der Waals surface area contributed by atoms with E-state index in [2.05, 4.69) is 25.1 Å². The van der Waals surface area contributed by atoms with Crippen LogP contribution in [0.2, 0.25) is 0 Å². The minimum absolute atomic E-state index is 0.204. The third-order valence-electron chi connectivity index (χ3n) is 10.8. The maximum Gasteiger partial charge on any atom is 0.355 e. The maximum absolute atomic E-state index is 13.8. The normalized spacial score (nSPS) is 10.8. The van der Waals surface area contributed by atoms with Gasteiger partial charge in [-0.25, -0.2) is 23.5 Å². The highest BCUT2D eigenvalue weighted by Gasteiger charge is 2.21. The predicted molar refractivity (Wildman–Crippen MR) is 258 cm³/mol. The summed E-state index contributed by atoms with van der Waals surface area (Å²) in [7, 11) is 0. The Balaban J connectivity index is 0.000000167. The Morgan fingerprint density at radius 1 is 0.470 bits per heavy atom. The van der Waals surface area contributed by atoms with Crippen LogP contribution in [-0.4, -0.2) is 46.4 Å². The van der Waals surface area contributed by atoms with Crippen LogP contribution >= 0.6 is 0 Å². The van der Waals surface area contributed by atoms with Crippen molar-refractivity contribution in [1.82, 2.24) is 28.7 Å². The van der Waals surface area contributed by atoms with E-state index < -0.39 is 12.6 Å². The summed E-state index contributed by atoms with van der Waals surface area (Å²) in [6, 6.07) is 69.1. The monoisotopic (exact) mass is 866 g/mol. The molecular weight excluding hydrogens is 825 g/mol. The van der Waals surface area contributed by atoms with E-state index in [1.54, 1.807) is 27.3 Å². The number of para-hydroxylation sites is 4. The zero-order chi connectivity index (χ0) is 45.4. The zero-order valence-corrected chi connectivity index (χ0v) is 35.8. The van der Waals surface area contributed by atoms with Crippen molar-refractivity contribution < 1.29 is 14.6 Å². The number of ether oxygens (including phenoxy) is 1. The van der Waals surface area contributed by atoms with Crippen LogP contribution in [0.1, 0.15) is 5.56 Å². The number of hydrogen-bond donors (Lipinski definition) is 1. The molecule has 322 valence electrons. The van der Waals surface area contributed by atoms with Gasteiger partial charge in [0.05, 0.1) is 22.7 Å². The second-order valence-corrected chi connectivity index (χ2v) is 15.2. The van der Waals surface area contributed by atoms with Gasteiger partial charge in [0.1, 0.15) is 5.75 Å². The predicted octanol–water partition coefficient (Wildman–Crippen LogP) is 10.5. The van der Waals surface area contributed by atoms with Crippen molar-refractivity contribution in [2.24, 2.45) is 0 Å².